The molecule has 1 fully saturated rings. The Hall–Kier alpha value is -3.30. The molecule has 0 spiro atoms. The summed E-state index contributed by atoms with van der Waals surface area (Å²) in [4.78, 5) is 16.4. The average Bonchev–Trinajstić information content (AvgIpc) is 3.36. The van der Waals surface area contributed by atoms with Crippen molar-refractivity contribution in [1.82, 2.24) is 24.4 Å². The fourth-order valence-corrected chi connectivity index (χ4v) is 4.95. The van der Waals surface area contributed by atoms with Gasteiger partial charge in [0.05, 0.1) is 11.4 Å². The number of sulfonamides is 1. The molecule has 3 heterocycles. The van der Waals surface area contributed by atoms with Crippen LogP contribution in [0.3, 0.4) is 0 Å². The van der Waals surface area contributed by atoms with Crippen molar-refractivity contribution in [3.63, 3.8) is 0 Å². The van der Waals surface area contributed by atoms with Crippen LogP contribution in [0.15, 0.2) is 67.1 Å². The van der Waals surface area contributed by atoms with Gasteiger partial charge in [0, 0.05) is 55.4 Å². The monoisotopic (exact) mass is 437 g/mol. The van der Waals surface area contributed by atoms with E-state index in [0.29, 0.717) is 18.7 Å². The van der Waals surface area contributed by atoms with E-state index in [2.05, 4.69) is 15.4 Å². The number of hydrogen-bond acceptors (Lipinski definition) is 5. The van der Waals surface area contributed by atoms with Crippen molar-refractivity contribution in [2.24, 2.45) is 0 Å². The Labute approximate surface area is 181 Å². The van der Waals surface area contributed by atoms with Gasteiger partial charge in [-0.3, -0.25) is 9.78 Å². The van der Waals surface area contributed by atoms with Crippen molar-refractivity contribution in [3.05, 3.63) is 72.7 Å². The molecule has 9 heteroatoms. The standard InChI is InChI=1S/C22H23N5O3S/c28-21(24-12-14-26-13-5-15-31(26,29)30)10-9-19-17-27(20-7-2-1-3-8-20)25-22(19)18-6-4-11-23-16-18/h1-4,6-11,16-17H,5,12-15H2,(H,24,28). The highest BCUT2D eigenvalue weighted by Gasteiger charge is 2.27. The van der Waals surface area contributed by atoms with Gasteiger partial charge in [-0.1, -0.05) is 18.2 Å². The Balaban J connectivity index is 1.48. The minimum atomic E-state index is -3.15. The number of benzene rings is 1. The number of nitrogens with zero attached hydrogens (tertiary/aromatic N) is 4. The maximum absolute atomic E-state index is 12.3. The number of aromatic nitrogens is 3. The smallest absolute Gasteiger partial charge is 0.244 e. The van der Waals surface area contributed by atoms with Gasteiger partial charge in [0.2, 0.25) is 15.9 Å². The highest BCUT2D eigenvalue weighted by Crippen LogP contribution is 2.24. The topological polar surface area (TPSA) is 97.2 Å². The molecule has 1 amide bonds. The van der Waals surface area contributed by atoms with E-state index in [0.717, 1.165) is 16.8 Å². The summed E-state index contributed by atoms with van der Waals surface area (Å²) in [6.07, 6.45) is 9.06. The molecule has 160 valence electrons. The molecule has 1 N–H and O–H groups in total. The van der Waals surface area contributed by atoms with Crippen molar-refractivity contribution in [2.75, 3.05) is 25.4 Å². The Kier molecular flexibility index (Phi) is 6.24. The molecule has 31 heavy (non-hydrogen) atoms. The second-order valence-corrected chi connectivity index (χ2v) is 9.24. The van der Waals surface area contributed by atoms with Crippen LogP contribution in [0.4, 0.5) is 0 Å². The quantitative estimate of drug-likeness (QED) is 0.571. The van der Waals surface area contributed by atoms with Crippen molar-refractivity contribution in [1.29, 1.82) is 0 Å². The van der Waals surface area contributed by atoms with E-state index in [9.17, 15) is 13.2 Å². The van der Waals surface area contributed by atoms with Crippen LogP contribution in [0.2, 0.25) is 0 Å². The molecule has 0 unspecified atom stereocenters. The normalized spacial score (nSPS) is 16.0. The molecule has 4 rings (SSSR count). The van der Waals surface area contributed by atoms with Gasteiger partial charge in [0.25, 0.3) is 0 Å². The van der Waals surface area contributed by atoms with Crippen LogP contribution in [-0.2, 0) is 14.8 Å². The van der Waals surface area contributed by atoms with E-state index < -0.39 is 10.0 Å². The van der Waals surface area contributed by atoms with Crippen LogP contribution in [0.1, 0.15) is 12.0 Å². The summed E-state index contributed by atoms with van der Waals surface area (Å²) in [6, 6.07) is 13.5. The first-order valence-electron chi connectivity index (χ1n) is 10.0. The largest absolute Gasteiger partial charge is 0.351 e. The highest BCUT2D eigenvalue weighted by molar-refractivity contribution is 7.89. The van der Waals surface area contributed by atoms with E-state index >= 15 is 0 Å². The molecule has 1 saturated heterocycles. The number of carbonyl (C=O) groups excluding carboxylic acids is 1. The zero-order valence-electron chi connectivity index (χ0n) is 16.9. The van der Waals surface area contributed by atoms with E-state index in [1.54, 1.807) is 23.2 Å². The lowest BCUT2D eigenvalue weighted by Gasteiger charge is -2.13. The van der Waals surface area contributed by atoms with Gasteiger partial charge in [0.15, 0.2) is 0 Å². The molecule has 1 aliphatic rings. The summed E-state index contributed by atoms with van der Waals surface area (Å²) >= 11 is 0. The molecular formula is C22H23N5O3S. The summed E-state index contributed by atoms with van der Waals surface area (Å²) in [5, 5.41) is 7.42. The number of carbonyl (C=O) groups is 1. The first-order valence-corrected chi connectivity index (χ1v) is 11.6. The third-order valence-corrected chi connectivity index (χ3v) is 6.93. The maximum Gasteiger partial charge on any atom is 0.244 e. The van der Waals surface area contributed by atoms with Crippen LogP contribution in [-0.4, -0.2) is 58.8 Å². The molecule has 0 aliphatic carbocycles. The fraction of sp³-hybridized carbons (Fsp3) is 0.227. The van der Waals surface area contributed by atoms with Gasteiger partial charge in [-0.15, -0.1) is 0 Å². The lowest BCUT2D eigenvalue weighted by atomic mass is 10.1. The molecule has 2 aromatic heterocycles. The Bertz CT molecular complexity index is 1170. The van der Waals surface area contributed by atoms with Crippen molar-refractivity contribution in [3.8, 4) is 16.9 Å². The lowest BCUT2D eigenvalue weighted by molar-refractivity contribution is -0.116. The number of para-hydroxylation sites is 1. The van der Waals surface area contributed by atoms with Gasteiger partial charge in [-0.05, 0) is 36.8 Å². The Morgan fingerprint density at radius 2 is 2.00 bits per heavy atom. The first kappa shape index (κ1) is 21.0. The molecular weight excluding hydrogens is 414 g/mol. The second-order valence-electron chi connectivity index (χ2n) is 7.15. The Morgan fingerprint density at radius 1 is 1.16 bits per heavy atom. The van der Waals surface area contributed by atoms with Crippen LogP contribution in [0.5, 0.6) is 0 Å². The van der Waals surface area contributed by atoms with E-state index in [1.165, 1.54) is 10.4 Å². The van der Waals surface area contributed by atoms with Crippen molar-refractivity contribution < 1.29 is 13.2 Å². The van der Waals surface area contributed by atoms with Gasteiger partial charge in [-0.25, -0.2) is 17.4 Å². The summed E-state index contributed by atoms with van der Waals surface area (Å²) in [6.45, 7) is 1.07. The molecule has 0 bridgehead atoms. The Morgan fingerprint density at radius 3 is 2.71 bits per heavy atom. The van der Waals surface area contributed by atoms with Gasteiger partial charge in [-0.2, -0.15) is 5.10 Å². The maximum atomic E-state index is 12.3. The number of nitrogens with one attached hydrogen (secondary N) is 1. The minimum absolute atomic E-state index is 0.184. The summed E-state index contributed by atoms with van der Waals surface area (Å²) in [5.41, 5.74) is 3.23. The second kappa shape index (κ2) is 9.23. The molecule has 8 nitrogen and oxygen atoms in total. The average molecular weight is 438 g/mol. The number of pyridine rings is 1. The number of hydrogen-bond donors (Lipinski definition) is 1. The van der Waals surface area contributed by atoms with Crippen LogP contribution >= 0.6 is 0 Å². The number of amides is 1. The zero-order valence-corrected chi connectivity index (χ0v) is 17.7. The van der Waals surface area contributed by atoms with E-state index in [1.807, 2.05) is 48.7 Å². The molecule has 0 saturated carbocycles. The van der Waals surface area contributed by atoms with Gasteiger partial charge < -0.3 is 5.32 Å². The van der Waals surface area contributed by atoms with E-state index in [-0.39, 0.29) is 24.7 Å². The number of rotatable bonds is 7. The van der Waals surface area contributed by atoms with Gasteiger partial charge >= 0.3 is 0 Å². The predicted octanol–water partition coefficient (Wildman–Crippen LogP) is 2.10. The third kappa shape index (κ3) is 5.07. The molecule has 3 aromatic rings. The summed E-state index contributed by atoms with van der Waals surface area (Å²) in [7, 11) is -3.15. The predicted molar refractivity (Wildman–Crippen MR) is 119 cm³/mol. The van der Waals surface area contributed by atoms with Crippen molar-refractivity contribution >= 4 is 22.0 Å². The van der Waals surface area contributed by atoms with Crippen LogP contribution < -0.4 is 5.32 Å². The zero-order chi connectivity index (χ0) is 21.7. The summed E-state index contributed by atoms with van der Waals surface area (Å²) < 4.78 is 26.8. The molecule has 0 atom stereocenters. The minimum Gasteiger partial charge on any atom is -0.351 e. The summed E-state index contributed by atoms with van der Waals surface area (Å²) in [5.74, 6) is -0.107. The van der Waals surface area contributed by atoms with Crippen LogP contribution in [0.25, 0.3) is 23.0 Å². The molecule has 1 aromatic carbocycles. The fourth-order valence-electron chi connectivity index (χ4n) is 3.42. The molecule has 1 aliphatic heterocycles. The van der Waals surface area contributed by atoms with Crippen molar-refractivity contribution in [2.45, 2.75) is 6.42 Å². The SMILES string of the molecule is O=C(C=Cc1cn(-c2ccccc2)nc1-c1cccnc1)NCCN1CCCS1(=O)=O. The first-order chi connectivity index (χ1) is 15.0. The highest BCUT2D eigenvalue weighted by atomic mass is 32.2. The van der Waals surface area contributed by atoms with Crippen LogP contribution in [0, 0.1) is 0 Å². The van der Waals surface area contributed by atoms with E-state index in [4.69, 9.17) is 0 Å². The van der Waals surface area contributed by atoms with Gasteiger partial charge in [0.1, 0.15) is 5.69 Å². The lowest BCUT2D eigenvalue weighted by Crippen LogP contribution is -2.35. The molecule has 0 radical (unpaired) electrons. The third-order valence-electron chi connectivity index (χ3n) is 4.98.